The highest BCUT2D eigenvalue weighted by molar-refractivity contribution is 5.80. The Kier molecular flexibility index (Phi) is 2.84. The largest absolute Gasteiger partial charge is 0.377 e. The second-order valence-corrected chi connectivity index (χ2v) is 4.84. The molecular weight excluding hydrogens is 192 g/mol. The van der Waals surface area contributed by atoms with Crippen molar-refractivity contribution in [2.45, 2.75) is 38.3 Å². The zero-order valence-electron chi connectivity index (χ0n) is 9.49. The molecule has 2 aliphatic rings. The van der Waals surface area contributed by atoms with Crippen molar-refractivity contribution in [2.75, 3.05) is 19.8 Å². The molecule has 15 heavy (non-hydrogen) atoms. The van der Waals surface area contributed by atoms with Crippen LogP contribution in [0.3, 0.4) is 0 Å². The van der Waals surface area contributed by atoms with Crippen molar-refractivity contribution in [2.24, 2.45) is 10.8 Å². The van der Waals surface area contributed by atoms with Crippen LogP contribution in [0.25, 0.3) is 0 Å². The SMILES string of the molecule is CC1(C)COCCN1C(=NC1CC1)NN. The quantitative estimate of drug-likeness (QED) is 0.280. The highest BCUT2D eigenvalue weighted by Crippen LogP contribution is 2.25. The number of nitrogens with one attached hydrogen (secondary N) is 1. The summed E-state index contributed by atoms with van der Waals surface area (Å²) in [7, 11) is 0. The van der Waals surface area contributed by atoms with Gasteiger partial charge in [-0.2, -0.15) is 0 Å². The van der Waals surface area contributed by atoms with Crippen LogP contribution < -0.4 is 11.3 Å². The van der Waals surface area contributed by atoms with E-state index in [-0.39, 0.29) is 5.54 Å². The third-order valence-electron chi connectivity index (χ3n) is 2.88. The Hall–Kier alpha value is -0.810. The molecule has 0 bridgehead atoms. The molecular formula is C10H20N4O. The predicted molar refractivity (Wildman–Crippen MR) is 59.4 cm³/mol. The van der Waals surface area contributed by atoms with Crippen LogP contribution in [0, 0.1) is 0 Å². The summed E-state index contributed by atoms with van der Waals surface area (Å²) in [4.78, 5) is 6.78. The van der Waals surface area contributed by atoms with Crippen LogP contribution in [0.15, 0.2) is 4.99 Å². The standard InChI is InChI=1S/C10H20N4O/c1-10(2)7-15-6-5-14(10)9(13-11)12-8-3-4-8/h8H,3-7,11H2,1-2H3,(H,12,13). The van der Waals surface area contributed by atoms with Gasteiger partial charge in [-0.3, -0.25) is 5.43 Å². The Labute approximate surface area is 90.6 Å². The first-order valence-electron chi connectivity index (χ1n) is 5.53. The first-order valence-corrected chi connectivity index (χ1v) is 5.53. The maximum atomic E-state index is 5.54. The second kappa shape index (κ2) is 3.98. The number of nitrogens with two attached hydrogens (primary N) is 1. The van der Waals surface area contributed by atoms with E-state index in [0.29, 0.717) is 6.04 Å². The van der Waals surface area contributed by atoms with Crippen LogP contribution in [0.4, 0.5) is 0 Å². The molecule has 0 radical (unpaired) electrons. The number of ether oxygens (including phenoxy) is 1. The molecule has 1 saturated carbocycles. The molecule has 0 aromatic heterocycles. The summed E-state index contributed by atoms with van der Waals surface area (Å²) < 4.78 is 5.46. The fourth-order valence-corrected chi connectivity index (χ4v) is 1.81. The van der Waals surface area contributed by atoms with E-state index in [1.165, 1.54) is 12.8 Å². The zero-order valence-corrected chi connectivity index (χ0v) is 9.49. The minimum Gasteiger partial charge on any atom is -0.377 e. The van der Waals surface area contributed by atoms with Crippen LogP contribution >= 0.6 is 0 Å². The van der Waals surface area contributed by atoms with Crippen molar-refractivity contribution in [1.29, 1.82) is 0 Å². The molecule has 5 nitrogen and oxygen atoms in total. The fraction of sp³-hybridized carbons (Fsp3) is 0.900. The fourth-order valence-electron chi connectivity index (χ4n) is 1.81. The van der Waals surface area contributed by atoms with Crippen LogP contribution in [-0.2, 0) is 4.74 Å². The lowest BCUT2D eigenvalue weighted by atomic mass is 10.0. The van der Waals surface area contributed by atoms with Crippen molar-refractivity contribution >= 4 is 5.96 Å². The smallest absolute Gasteiger partial charge is 0.209 e. The highest BCUT2D eigenvalue weighted by Gasteiger charge is 2.34. The van der Waals surface area contributed by atoms with E-state index < -0.39 is 0 Å². The van der Waals surface area contributed by atoms with Crippen molar-refractivity contribution < 1.29 is 4.74 Å². The van der Waals surface area contributed by atoms with Gasteiger partial charge in [-0.15, -0.1) is 0 Å². The number of hydrogen-bond donors (Lipinski definition) is 2. The van der Waals surface area contributed by atoms with E-state index in [1.807, 2.05) is 0 Å². The Bertz CT molecular complexity index is 260. The first kappa shape index (κ1) is 10.7. The lowest BCUT2D eigenvalue weighted by Crippen LogP contribution is -2.60. The van der Waals surface area contributed by atoms with E-state index in [1.54, 1.807) is 0 Å². The molecule has 0 atom stereocenters. The number of hydrazine groups is 1. The van der Waals surface area contributed by atoms with Crippen LogP contribution in [0.1, 0.15) is 26.7 Å². The number of nitrogens with zero attached hydrogens (tertiary/aromatic N) is 2. The number of morpholine rings is 1. The summed E-state index contributed by atoms with van der Waals surface area (Å²) in [6.07, 6.45) is 2.38. The Morgan fingerprint density at radius 3 is 2.80 bits per heavy atom. The summed E-state index contributed by atoms with van der Waals surface area (Å²) in [6.45, 7) is 6.60. The Morgan fingerprint density at radius 2 is 2.27 bits per heavy atom. The van der Waals surface area contributed by atoms with Gasteiger partial charge in [0.15, 0.2) is 0 Å². The molecule has 2 fully saturated rings. The van der Waals surface area contributed by atoms with Crippen molar-refractivity contribution in [3.05, 3.63) is 0 Å². The number of rotatable bonds is 1. The third kappa shape index (κ3) is 2.41. The maximum absolute atomic E-state index is 5.54. The summed E-state index contributed by atoms with van der Waals surface area (Å²) >= 11 is 0. The van der Waals surface area contributed by atoms with Crippen molar-refractivity contribution in [3.63, 3.8) is 0 Å². The van der Waals surface area contributed by atoms with Gasteiger partial charge in [-0.25, -0.2) is 10.8 Å². The van der Waals surface area contributed by atoms with E-state index in [4.69, 9.17) is 10.6 Å². The third-order valence-corrected chi connectivity index (χ3v) is 2.88. The minimum absolute atomic E-state index is 0.0294. The lowest BCUT2D eigenvalue weighted by Gasteiger charge is -2.43. The molecule has 1 heterocycles. The second-order valence-electron chi connectivity index (χ2n) is 4.84. The van der Waals surface area contributed by atoms with Gasteiger partial charge in [-0.05, 0) is 26.7 Å². The summed E-state index contributed by atoms with van der Waals surface area (Å²) in [5.41, 5.74) is 2.69. The Morgan fingerprint density at radius 1 is 1.53 bits per heavy atom. The predicted octanol–water partition coefficient (Wildman–Crippen LogP) is 0.0789. The molecule has 1 aliphatic heterocycles. The average molecular weight is 212 g/mol. The molecule has 0 aromatic rings. The van der Waals surface area contributed by atoms with Crippen molar-refractivity contribution in [3.8, 4) is 0 Å². The maximum Gasteiger partial charge on any atom is 0.209 e. The molecule has 0 amide bonds. The van der Waals surface area contributed by atoms with Crippen LogP contribution in [0.5, 0.6) is 0 Å². The zero-order chi connectivity index (χ0) is 10.9. The molecule has 86 valence electrons. The molecule has 2 rings (SSSR count). The molecule has 0 spiro atoms. The van der Waals surface area contributed by atoms with Gasteiger partial charge < -0.3 is 9.64 Å². The summed E-state index contributed by atoms with van der Waals surface area (Å²) in [6, 6.07) is 0.481. The summed E-state index contributed by atoms with van der Waals surface area (Å²) in [5, 5.41) is 0. The monoisotopic (exact) mass is 212 g/mol. The number of hydrogen-bond acceptors (Lipinski definition) is 3. The van der Waals surface area contributed by atoms with Gasteiger partial charge in [0, 0.05) is 6.54 Å². The minimum atomic E-state index is -0.0294. The molecule has 1 saturated heterocycles. The molecule has 5 heteroatoms. The van der Waals surface area contributed by atoms with E-state index in [0.717, 1.165) is 25.7 Å². The highest BCUT2D eigenvalue weighted by atomic mass is 16.5. The van der Waals surface area contributed by atoms with Crippen LogP contribution in [0.2, 0.25) is 0 Å². The normalized spacial score (nSPS) is 26.6. The van der Waals surface area contributed by atoms with Gasteiger partial charge in [0.05, 0.1) is 24.8 Å². The van der Waals surface area contributed by atoms with Gasteiger partial charge in [0.25, 0.3) is 0 Å². The molecule has 3 N–H and O–H groups in total. The van der Waals surface area contributed by atoms with Gasteiger partial charge in [-0.1, -0.05) is 0 Å². The first-order chi connectivity index (χ1) is 7.13. The van der Waals surface area contributed by atoms with Gasteiger partial charge in [0.2, 0.25) is 5.96 Å². The number of aliphatic imine (C=N–C) groups is 1. The topological polar surface area (TPSA) is 62.9 Å². The van der Waals surface area contributed by atoms with E-state index >= 15 is 0 Å². The van der Waals surface area contributed by atoms with E-state index in [2.05, 4.69) is 29.2 Å². The molecule has 0 aromatic carbocycles. The Balaban J connectivity index is 2.10. The van der Waals surface area contributed by atoms with Gasteiger partial charge in [0.1, 0.15) is 0 Å². The van der Waals surface area contributed by atoms with E-state index in [9.17, 15) is 0 Å². The summed E-state index contributed by atoms with van der Waals surface area (Å²) in [5.74, 6) is 6.35. The average Bonchev–Trinajstić information content (AvgIpc) is 2.98. The molecule has 1 aliphatic carbocycles. The molecule has 0 unspecified atom stereocenters. The van der Waals surface area contributed by atoms with Gasteiger partial charge >= 0.3 is 0 Å². The number of guanidine groups is 1. The van der Waals surface area contributed by atoms with Crippen molar-refractivity contribution in [1.82, 2.24) is 10.3 Å². The lowest BCUT2D eigenvalue weighted by molar-refractivity contribution is -0.0168. The van der Waals surface area contributed by atoms with Crippen LogP contribution in [-0.4, -0.2) is 42.2 Å².